The van der Waals surface area contributed by atoms with Gasteiger partial charge in [-0.3, -0.25) is 14.5 Å². The van der Waals surface area contributed by atoms with Crippen LogP contribution in [0.1, 0.15) is 26.3 Å². The topological polar surface area (TPSA) is 90.4 Å². The number of nitriles is 1. The number of likely N-dealkylation sites (N-methyl/N-ethyl adjacent to an activating group) is 1. The number of nitrogens with zero attached hydrogens (tertiary/aromatic N) is 3. The van der Waals surface area contributed by atoms with Gasteiger partial charge >= 0.3 is 0 Å². The normalized spacial score (nSPS) is 23.8. The van der Waals surface area contributed by atoms with Crippen LogP contribution in [0.3, 0.4) is 0 Å². The van der Waals surface area contributed by atoms with Gasteiger partial charge < -0.3 is 10.6 Å². The number of hydrogen-bond acceptors (Lipinski definition) is 4. The van der Waals surface area contributed by atoms with E-state index in [4.69, 9.17) is 5.73 Å². The van der Waals surface area contributed by atoms with Crippen molar-refractivity contribution in [1.29, 1.82) is 5.26 Å². The number of carbonyl (C=O) groups is 2. The molecule has 2 aliphatic rings. The van der Waals surface area contributed by atoms with Crippen molar-refractivity contribution in [3.8, 4) is 6.07 Å². The van der Waals surface area contributed by atoms with Crippen molar-refractivity contribution in [1.82, 2.24) is 4.90 Å². The molecule has 2 aliphatic heterocycles. The van der Waals surface area contributed by atoms with Crippen molar-refractivity contribution in [3.05, 3.63) is 41.2 Å². The van der Waals surface area contributed by atoms with Gasteiger partial charge in [0.05, 0.1) is 5.57 Å². The first-order chi connectivity index (χ1) is 10.7. The van der Waals surface area contributed by atoms with Crippen molar-refractivity contribution in [2.75, 3.05) is 11.9 Å². The molecule has 1 unspecified atom stereocenters. The molecule has 0 bridgehead atoms. The summed E-state index contributed by atoms with van der Waals surface area (Å²) in [5, 5.41) is 9.66. The Hall–Kier alpha value is -2.81. The Morgan fingerprint density at radius 1 is 1.17 bits per heavy atom. The smallest absolute Gasteiger partial charge is 0.254 e. The summed E-state index contributed by atoms with van der Waals surface area (Å²) < 4.78 is 0. The lowest BCUT2D eigenvalue weighted by molar-refractivity contribution is -0.140. The van der Waals surface area contributed by atoms with Crippen molar-refractivity contribution in [2.45, 2.75) is 31.7 Å². The van der Waals surface area contributed by atoms with E-state index >= 15 is 0 Å². The zero-order valence-electron chi connectivity index (χ0n) is 13.5. The van der Waals surface area contributed by atoms with Gasteiger partial charge in [-0.2, -0.15) is 5.26 Å². The monoisotopic (exact) mass is 310 g/mol. The number of carbonyl (C=O) groups excluding carboxylic acids is 2. The highest BCUT2D eigenvalue weighted by Gasteiger charge is 2.65. The highest BCUT2D eigenvalue weighted by atomic mass is 16.2. The number of hydrogen-bond donors (Lipinski definition) is 1. The van der Waals surface area contributed by atoms with Crippen LogP contribution in [0.5, 0.6) is 0 Å². The average Bonchev–Trinajstić information content (AvgIpc) is 2.84. The lowest BCUT2D eigenvalue weighted by Gasteiger charge is -2.34. The Kier molecular flexibility index (Phi) is 2.86. The predicted molar refractivity (Wildman–Crippen MR) is 85.0 cm³/mol. The maximum Gasteiger partial charge on any atom is 0.254 e. The fraction of sp³-hybridized carbons (Fsp3) is 0.353. The highest BCUT2D eigenvalue weighted by molar-refractivity contribution is 6.26. The summed E-state index contributed by atoms with van der Waals surface area (Å²) in [5.41, 5.74) is 4.99. The van der Waals surface area contributed by atoms with Gasteiger partial charge in [-0.05, 0) is 26.8 Å². The zero-order chi connectivity index (χ0) is 17.2. The van der Waals surface area contributed by atoms with E-state index in [0.29, 0.717) is 11.3 Å². The quantitative estimate of drug-likeness (QED) is 0.730. The predicted octanol–water partition coefficient (Wildman–Crippen LogP) is 1.24. The van der Waals surface area contributed by atoms with E-state index in [9.17, 15) is 14.9 Å². The maximum atomic E-state index is 13.3. The first kappa shape index (κ1) is 15.1. The molecule has 3 rings (SSSR count). The molecular weight excluding hydrogens is 292 g/mol. The van der Waals surface area contributed by atoms with Gasteiger partial charge in [0.2, 0.25) is 0 Å². The zero-order valence-corrected chi connectivity index (χ0v) is 13.5. The number of nitrogens with two attached hydrogens (primary N) is 1. The second kappa shape index (κ2) is 4.35. The Bertz CT molecular complexity index is 813. The molecule has 0 radical (unpaired) electrons. The summed E-state index contributed by atoms with van der Waals surface area (Å²) in [6.07, 6.45) is 0. The Morgan fingerprint density at radius 2 is 1.78 bits per heavy atom. The molecule has 1 aromatic carbocycles. The molecule has 6 nitrogen and oxygen atoms in total. The Labute approximate surface area is 134 Å². The molecule has 118 valence electrons. The second-order valence-electron chi connectivity index (χ2n) is 6.81. The largest absolute Gasteiger partial charge is 0.384 e. The van der Waals surface area contributed by atoms with Crippen LogP contribution < -0.4 is 10.6 Å². The van der Waals surface area contributed by atoms with Crippen molar-refractivity contribution >= 4 is 17.5 Å². The molecule has 1 atom stereocenters. The molecule has 2 heterocycles. The first-order valence-corrected chi connectivity index (χ1v) is 7.31. The molecule has 2 amide bonds. The standard InChI is InChI=1S/C17H18N4O2/c1-16(2,3)21-13(19)11(9-18)17(15(21)23)10-7-5-6-8-12(10)20(4)14(17)22/h5-8H,19H2,1-4H3. The third-order valence-corrected chi connectivity index (χ3v) is 4.47. The molecule has 2 N–H and O–H groups in total. The highest BCUT2D eigenvalue weighted by Crippen LogP contribution is 2.51. The number of benzene rings is 1. The molecule has 1 aromatic rings. The van der Waals surface area contributed by atoms with E-state index in [1.165, 1.54) is 9.80 Å². The van der Waals surface area contributed by atoms with Crippen LogP contribution in [0, 0.1) is 11.3 Å². The van der Waals surface area contributed by atoms with E-state index in [2.05, 4.69) is 0 Å². The van der Waals surface area contributed by atoms with Gasteiger partial charge in [0.25, 0.3) is 11.8 Å². The SMILES string of the molecule is CN1C(=O)C2(C(=O)N(C(C)(C)C)C(N)=C2C#N)c2ccccc21. The van der Waals surface area contributed by atoms with Gasteiger partial charge in [0, 0.05) is 23.8 Å². The maximum absolute atomic E-state index is 13.3. The summed E-state index contributed by atoms with van der Waals surface area (Å²) in [6, 6.07) is 9.04. The van der Waals surface area contributed by atoms with Gasteiger partial charge in [-0.1, -0.05) is 18.2 Å². The summed E-state index contributed by atoms with van der Waals surface area (Å²) >= 11 is 0. The van der Waals surface area contributed by atoms with Crippen LogP contribution in [0.2, 0.25) is 0 Å². The number of rotatable bonds is 0. The molecule has 0 aliphatic carbocycles. The van der Waals surface area contributed by atoms with Gasteiger partial charge in [0.1, 0.15) is 11.9 Å². The molecule has 0 aromatic heterocycles. The molecule has 6 heteroatoms. The molecule has 0 saturated carbocycles. The summed E-state index contributed by atoms with van der Waals surface area (Å²) in [5.74, 6) is -0.834. The third kappa shape index (κ3) is 1.57. The fourth-order valence-corrected chi connectivity index (χ4v) is 3.50. The number of fused-ring (bicyclic) bond motifs is 2. The lowest BCUT2D eigenvalue weighted by atomic mass is 9.76. The fourth-order valence-electron chi connectivity index (χ4n) is 3.50. The van der Waals surface area contributed by atoms with Crippen molar-refractivity contribution in [3.63, 3.8) is 0 Å². The van der Waals surface area contributed by atoms with E-state index in [0.717, 1.165) is 0 Å². The Morgan fingerprint density at radius 3 is 2.35 bits per heavy atom. The van der Waals surface area contributed by atoms with E-state index < -0.39 is 22.8 Å². The number of anilines is 1. The number of para-hydroxylation sites is 1. The minimum absolute atomic E-state index is 0.0132. The van der Waals surface area contributed by atoms with Crippen LogP contribution in [0.15, 0.2) is 35.7 Å². The first-order valence-electron chi connectivity index (χ1n) is 7.31. The third-order valence-electron chi connectivity index (χ3n) is 4.47. The summed E-state index contributed by atoms with van der Waals surface area (Å²) in [6.45, 7) is 5.46. The van der Waals surface area contributed by atoms with Crippen LogP contribution in [0.25, 0.3) is 0 Å². The van der Waals surface area contributed by atoms with Gasteiger partial charge in [-0.15, -0.1) is 0 Å². The Balaban J connectivity index is 2.38. The van der Waals surface area contributed by atoms with E-state index in [-0.39, 0.29) is 11.4 Å². The van der Waals surface area contributed by atoms with E-state index in [1.54, 1.807) is 31.3 Å². The molecule has 0 fully saturated rings. The minimum Gasteiger partial charge on any atom is -0.384 e. The lowest BCUT2D eigenvalue weighted by Crippen LogP contribution is -2.52. The van der Waals surface area contributed by atoms with Crippen LogP contribution in [-0.2, 0) is 15.0 Å². The van der Waals surface area contributed by atoms with Gasteiger partial charge in [0.15, 0.2) is 5.41 Å². The van der Waals surface area contributed by atoms with Crippen molar-refractivity contribution in [2.24, 2.45) is 5.73 Å². The second-order valence-corrected chi connectivity index (χ2v) is 6.81. The summed E-state index contributed by atoms with van der Waals surface area (Å²) in [7, 11) is 1.61. The van der Waals surface area contributed by atoms with Crippen molar-refractivity contribution < 1.29 is 9.59 Å². The van der Waals surface area contributed by atoms with Crippen LogP contribution in [-0.4, -0.2) is 29.3 Å². The molecule has 0 saturated heterocycles. The molecule has 23 heavy (non-hydrogen) atoms. The van der Waals surface area contributed by atoms with E-state index in [1.807, 2.05) is 26.8 Å². The number of amides is 2. The minimum atomic E-state index is -1.66. The molecule has 1 spiro atoms. The molecular formula is C17H18N4O2. The summed E-state index contributed by atoms with van der Waals surface area (Å²) in [4.78, 5) is 29.1. The van der Waals surface area contributed by atoms with Gasteiger partial charge in [-0.25, -0.2) is 0 Å². The average molecular weight is 310 g/mol. The van der Waals surface area contributed by atoms with Crippen LogP contribution >= 0.6 is 0 Å². The van der Waals surface area contributed by atoms with Crippen LogP contribution in [0.4, 0.5) is 5.69 Å².